The number of H-pyrrole nitrogens is 1. The molecular formula is C23H19F2N3O4. The molecule has 1 aliphatic heterocycles. The second-order valence-corrected chi connectivity index (χ2v) is 8.16. The van der Waals surface area contributed by atoms with Gasteiger partial charge in [-0.15, -0.1) is 8.78 Å². The summed E-state index contributed by atoms with van der Waals surface area (Å²) >= 11 is 0. The van der Waals surface area contributed by atoms with Crippen LogP contribution in [0.25, 0.3) is 11.3 Å². The molecule has 1 fully saturated rings. The summed E-state index contributed by atoms with van der Waals surface area (Å²) in [5.41, 5.74) is 3.03. The van der Waals surface area contributed by atoms with Gasteiger partial charge in [-0.25, -0.2) is 0 Å². The molecule has 0 atom stereocenters. The molecule has 5 rings (SSSR count). The molecule has 7 nitrogen and oxygen atoms in total. The Morgan fingerprint density at radius 3 is 2.53 bits per heavy atom. The maximum atomic E-state index is 13.3. The van der Waals surface area contributed by atoms with E-state index in [1.165, 1.54) is 12.1 Å². The van der Waals surface area contributed by atoms with Crippen molar-refractivity contribution < 1.29 is 23.0 Å². The number of halogens is 2. The monoisotopic (exact) mass is 439 g/mol. The Bertz CT molecular complexity index is 1310. The maximum absolute atomic E-state index is 13.3. The third kappa shape index (κ3) is 3.39. The summed E-state index contributed by atoms with van der Waals surface area (Å²) in [6, 6.07) is 8.01. The molecule has 0 unspecified atom stereocenters. The van der Waals surface area contributed by atoms with Crippen molar-refractivity contribution in [1.29, 1.82) is 0 Å². The van der Waals surface area contributed by atoms with Crippen LogP contribution in [0, 0.1) is 13.8 Å². The van der Waals surface area contributed by atoms with Crippen molar-refractivity contribution in [1.82, 2.24) is 9.97 Å². The fraction of sp³-hybridized carbons (Fsp3) is 0.261. The number of anilines is 1. The quantitative estimate of drug-likeness (QED) is 0.640. The molecule has 9 heteroatoms. The number of alkyl halides is 2. The van der Waals surface area contributed by atoms with Crippen LogP contribution in [0.1, 0.15) is 29.5 Å². The van der Waals surface area contributed by atoms with E-state index in [1.54, 1.807) is 37.5 Å². The Labute approximate surface area is 181 Å². The van der Waals surface area contributed by atoms with Crippen LogP contribution in [0.15, 0.2) is 47.5 Å². The van der Waals surface area contributed by atoms with Gasteiger partial charge in [0.2, 0.25) is 5.91 Å². The molecule has 0 saturated heterocycles. The molecule has 32 heavy (non-hydrogen) atoms. The number of fused-ring (bicyclic) bond motifs is 1. The lowest BCUT2D eigenvalue weighted by Crippen LogP contribution is -2.28. The Kier molecular flexibility index (Phi) is 4.34. The molecule has 0 radical (unpaired) electrons. The van der Waals surface area contributed by atoms with Crippen LogP contribution in [0.2, 0.25) is 0 Å². The zero-order valence-electron chi connectivity index (χ0n) is 17.3. The van der Waals surface area contributed by atoms with Crippen molar-refractivity contribution >= 4 is 11.6 Å². The third-order valence-corrected chi connectivity index (χ3v) is 5.84. The van der Waals surface area contributed by atoms with Crippen molar-refractivity contribution in [2.24, 2.45) is 0 Å². The lowest BCUT2D eigenvalue weighted by molar-refractivity contribution is -0.286. The van der Waals surface area contributed by atoms with Crippen molar-refractivity contribution in [3.05, 3.63) is 69.8 Å². The van der Waals surface area contributed by atoms with E-state index in [9.17, 15) is 18.4 Å². The predicted octanol–water partition coefficient (Wildman–Crippen LogP) is 4.05. The summed E-state index contributed by atoms with van der Waals surface area (Å²) in [6.45, 7) is 3.59. The Morgan fingerprint density at radius 1 is 1.09 bits per heavy atom. The normalized spacial score (nSPS) is 17.1. The molecule has 1 aromatic carbocycles. The van der Waals surface area contributed by atoms with Crippen molar-refractivity contribution in [2.45, 2.75) is 38.4 Å². The standard InChI is InChI=1S/C23H19F2N3O4/c1-12-8-16(11-26-19(12)14-7-13(2)20(29)27-10-14)28-21(30)22(5-6-22)15-3-4-17-18(9-15)32-23(24,25)31-17/h3-4,7-11H,5-6H2,1-2H3,(H,27,29)(H,28,30). The second-order valence-electron chi connectivity index (χ2n) is 8.16. The Morgan fingerprint density at radius 2 is 1.84 bits per heavy atom. The van der Waals surface area contributed by atoms with Gasteiger partial charge in [-0.1, -0.05) is 6.07 Å². The van der Waals surface area contributed by atoms with Crippen LogP contribution in [0.3, 0.4) is 0 Å². The largest absolute Gasteiger partial charge is 0.586 e. The van der Waals surface area contributed by atoms with Crippen LogP contribution < -0.4 is 20.3 Å². The number of ether oxygens (including phenoxy) is 2. The van der Waals surface area contributed by atoms with Crippen LogP contribution in [-0.4, -0.2) is 22.2 Å². The summed E-state index contributed by atoms with van der Waals surface area (Å²) in [7, 11) is 0. The Balaban J connectivity index is 1.37. The minimum Gasteiger partial charge on any atom is -0.395 e. The molecule has 2 aliphatic rings. The number of nitrogens with one attached hydrogen (secondary N) is 2. The third-order valence-electron chi connectivity index (χ3n) is 5.84. The number of aromatic amines is 1. The number of rotatable bonds is 4. The van der Waals surface area contributed by atoms with E-state index < -0.39 is 11.7 Å². The highest BCUT2D eigenvalue weighted by atomic mass is 19.3. The molecule has 1 aliphatic carbocycles. The molecule has 1 amide bonds. The van der Waals surface area contributed by atoms with E-state index in [1.807, 2.05) is 6.92 Å². The summed E-state index contributed by atoms with van der Waals surface area (Å²) in [6.07, 6.45) is 0.642. The van der Waals surface area contributed by atoms with Crippen LogP contribution in [0.5, 0.6) is 11.5 Å². The van der Waals surface area contributed by atoms with E-state index in [0.29, 0.717) is 35.3 Å². The molecule has 0 bridgehead atoms. The summed E-state index contributed by atoms with van der Waals surface area (Å²) in [5.74, 6) is -0.371. The molecule has 164 valence electrons. The first-order valence-electron chi connectivity index (χ1n) is 10.1. The SMILES string of the molecule is Cc1cc(NC(=O)C2(c3ccc4c(c3)OC(F)(F)O4)CC2)cnc1-c1c[nH]c(=O)c(C)c1. The van der Waals surface area contributed by atoms with Gasteiger partial charge in [0, 0.05) is 17.3 Å². The summed E-state index contributed by atoms with van der Waals surface area (Å²) < 4.78 is 35.6. The van der Waals surface area contributed by atoms with Crippen molar-refractivity contribution in [2.75, 3.05) is 5.32 Å². The molecule has 3 heterocycles. The van der Waals surface area contributed by atoms with E-state index in [-0.39, 0.29) is 23.0 Å². The lowest BCUT2D eigenvalue weighted by Gasteiger charge is -2.17. The van der Waals surface area contributed by atoms with E-state index >= 15 is 0 Å². The van der Waals surface area contributed by atoms with Crippen molar-refractivity contribution in [3.63, 3.8) is 0 Å². The van der Waals surface area contributed by atoms with Crippen LogP contribution >= 0.6 is 0 Å². The number of benzene rings is 1. The first-order valence-corrected chi connectivity index (χ1v) is 10.1. The summed E-state index contributed by atoms with van der Waals surface area (Å²) in [4.78, 5) is 31.8. The van der Waals surface area contributed by atoms with Gasteiger partial charge in [-0.05, 0) is 62.1 Å². The number of carbonyl (C=O) groups excluding carboxylic acids is 1. The fourth-order valence-electron chi connectivity index (χ4n) is 3.95. The number of nitrogens with zero attached hydrogens (tertiary/aromatic N) is 1. The molecule has 2 aromatic heterocycles. The number of amides is 1. The number of hydrogen-bond acceptors (Lipinski definition) is 5. The average Bonchev–Trinajstić information content (AvgIpc) is 3.47. The minimum absolute atomic E-state index is 0.0529. The zero-order chi connectivity index (χ0) is 22.7. The number of hydrogen-bond donors (Lipinski definition) is 2. The highest BCUT2D eigenvalue weighted by molar-refractivity contribution is 6.01. The first kappa shape index (κ1) is 20.2. The van der Waals surface area contributed by atoms with Gasteiger partial charge in [0.25, 0.3) is 5.56 Å². The maximum Gasteiger partial charge on any atom is 0.586 e. The highest BCUT2D eigenvalue weighted by Gasteiger charge is 2.52. The zero-order valence-corrected chi connectivity index (χ0v) is 17.3. The highest BCUT2D eigenvalue weighted by Crippen LogP contribution is 2.52. The fourth-order valence-corrected chi connectivity index (χ4v) is 3.95. The number of aryl methyl sites for hydroxylation is 2. The lowest BCUT2D eigenvalue weighted by atomic mass is 9.94. The van der Waals surface area contributed by atoms with Gasteiger partial charge >= 0.3 is 6.29 Å². The molecule has 1 saturated carbocycles. The van der Waals surface area contributed by atoms with E-state index in [0.717, 1.165) is 11.1 Å². The van der Waals surface area contributed by atoms with Crippen LogP contribution in [0.4, 0.5) is 14.5 Å². The van der Waals surface area contributed by atoms with Gasteiger partial charge in [0.15, 0.2) is 11.5 Å². The van der Waals surface area contributed by atoms with Gasteiger partial charge < -0.3 is 19.8 Å². The topological polar surface area (TPSA) is 93.3 Å². The van der Waals surface area contributed by atoms with Gasteiger partial charge in [-0.2, -0.15) is 0 Å². The predicted molar refractivity (Wildman–Crippen MR) is 112 cm³/mol. The van der Waals surface area contributed by atoms with E-state index in [4.69, 9.17) is 0 Å². The summed E-state index contributed by atoms with van der Waals surface area (Å²) in [5, 5.41) is 2.89. The average molecular weight is 439 g/mol. The van der Waals surface area contributed by atoms with Crippen LogP contribution in [-0.2, 0) is 10.2 Å². The Hall–Kier alpha value is -3.75. The first-order chi connectivity index (χ1) is 15.2. The molecule has 2 N–H and O–H groups in total. The number of pyridine rings is 2. The molecule has 0 spiro atoms. The van der Waals surface area contributed by atoms with Gasteiger partial charge in [0.05, 0.1) is 23.0 Å². The smallest absolute Gasteiger partial charge is 0.395 e. The number of carbonyl (C=O) groups is 1. The molecular weight excluding hydrogens is 420 g/mol. The van der Waals surface area contributed by atoms with Crippen molar-refractivity contribution in [3.8, 4) is 22.8 Å². The minimum atomic E-state index is -3.70. The van der Waals surface area contributed by atoms with Gasteiger partial charge in [-0.3, -0.25) is 14.6 Å². The second kappa shape index (κ2) is 6.88. The molecule has 3 aromatic rings. The van der Waals surface area contributed by atoms with Gasteiger partial charge in [0.1, 0.15) is 0 Å². The number of aromatic nitrogens is 2. The van der Waals surface area contributed by atoms with E-state index in [2.05, 4.69) is 24.8 Å².